The van der Waals surface area contributed by atoms with Crippen LogP contribution in [0.25, 0.3) is 11.0 Å². The molecule has 4 rings (SSSR count). The lowest BCUT2D eigenvalue weighted by Crippen LogP contribution is -2.30. The van der Waals surface area contributed by atoms with Gasteiger partial charge in [-0.3, -0.25) is 4.79 Å². The highest BCUT2D eigenvalue weighted by atomic mass is 35.5. The minimum Gasteiger partial charge on any atom is -0.342 e. The van der Waals surface area contributed by atoms with Crippen LogP contribution in [0.1, 0.15) is 41.1 Å². The summed E-state index contributed by atoms with van der Waals surface area (Å²) in [7, 11) is 0. The van der Waals surface area contributed by atoms with E-state index < -0.39 is 0 Å². The van der Waals surface area contributed by atoms with Crippen LogP contribution in [0.15, 0.2) is 72.8 Å². The average Bonchev–Trinajstić information content (AvgIpc) is 3.12. The molecule has 0 fully saturated rings. The van der Waals surface area contributed by atoms with Crippen LogP contribution < -0.4 is 5.32 Å². The summed E-state index contributed by atoms with van der Waals surface area (Å²) in [6, 6.07) is 22.6. The van der Waals surface area contributed by atoms with E-state index in [1.807, 2.05) is 61.5 Å². The van der Waals surface area contributed by atoms with Crippen molar-refractivity contribution in [3.63, 3.8) is 0 Å². The van der Waals surface area contributed by atoms with Crippen LogP contribution in [0.2, 0.25) is 10.0 Å². The Hall–Kier alpha value is -2.82. The van der Waals surface area contributed by atoms with Crippen molar-refractivity contribution >= 4 is 40.1 Å². The SMILES string of the molecule is CCC(NC(=O)c1ccccc1Cl)c1nc2ccccc2n1Cc1ccc(Cl)cc1. The van der Waals surface area contributed by atoms with E-state index in [2.05, 4.69) is 9.88 Å². The number of rotatable bonds is 6. The first kappa shape index (κ1) is 20.5. The van der Waals surface area contributed by atoms with E-state index in [9.17, 15) is 4.79 Å². The van der Waals surface area contributed by atoms with E-state index in [-0.39, 0.29) is 11.9 Å². The predicted octanol–water partition coefficient (Wildman–Crippen LogP) is 6.27. The lowest BCUT2D eigenvalue weighted by molar-refractivity contribution is 0.0933. The zero-order valence-corrected chi connectivity index (χ0v) is 18.0. The number of benzene rings is 3. The van der Waals surface area contributed by atoms with Gasteiger partial charge in [-0.05, 0) is 48.4 Å². The third kappa shape index (κ3) is 4.20. The van der Waals surface area contributed by atoms with Crippen molar-refractivity contribution in [3.05, 3.63) is 99.8 Å². The van der Waals surface area contributed by atoms with Crippen LogP contribution in [0.3, 0.4) is 0 Å². The van der Waals surface area contributed by atoms with Crippen LogP contribution >= 0.6 is 23.2 Å². The summed E-state index contributed by atoms with van der Waals surface area (Å²) in [6.45, 7) is 2.66. The molecule has 6 heteroatoms. The first-order valence-corrected chi connectivity index (χ1v) is 10.6. The van der Waals surface area contributed by atoms with Gasteiger partial charge in [0.2, 0.25) is 0 Å². The number of carbonyl (C=O) groups excluding carboxylic acids is 1. The highest BCUT2D eigenvalue weighted by molar-refractivity contribution is 6.33. The number of carbonyl (C=O) groups is 1. The van der Waals surface area contributed by atoms with Gasteiger partial charge in [-0.15, -0.1) is 0 Å². The van der Waals surface area contributed by atoms with Crippen molar-refractivity contribution in [2.75, 3.05) is 0 Å². The molecule has 3 aromatic carbocycles. The Kier molecular flexibility index (Phi) is 6.07. The summed E-state index contributed by atoms with van der Waals surface area (Å²) in [4.78, 5) is 17.7. The molecule has 0 saturated heterocycles. The molecule has 0 bridgehead atoms. The van der Waals surface area contributed by atoms with Crippen LogP contribution in [-0.2, 0) is 6.54 Å². The van der Waals surface area contributed by atoms with Gasteiger partial charge in [0.15, 0.2) is 0 Å². The third-order valence-corrected chi connectivity index (χ3v) is 5.66. The third-order valence-electron chi connectivity index (χ3n) is 5.08. The second kappa shape index (κ2) is 8.90. The van der Waals surface area contributed by atoms with Gasteiger partial charge in [0, 0.05) is 11.6 Å². The topological polar surface area (TPSA) is 46.9 Å². The number of imidazole rings is 1. The first-order valence-electron chi connectivity index (χ1n) is 9.82. The minimum atomic E-state index is -0.256. The van der Waals surface area contributed by atoms with Crippen LogP contribution in [0.5, 0.6) is 0 Å². The smallest absolute Gasteiger partial charge is 0.253 e. The van der Waals surface area contributed by atoms with Gasteiger partial charge in [0.25, 0.3) is 5.91 Å². The van der Waals surface area contributed by atoms with Crippen molar-refractivity contribution in [1.82, 2.24) is 14.9 Å². The summed E-state index contributed by atoms with van der Waals surface area (Å²) in [5, 5.41) is 4.24. The highest BCUT2D eigenvalue weighted by Gasteiger charge is 2.22. The van der Waals surface area contributed by atoms with E-state index in [1.165, 1.54) is 0 Å². The zero-order chi connectivity index (χ0) is 21.1. The molecule has 4 aromatic rings. The van der Waals surface area contributed by atoms with E-state index in [4.69, 9.17) is 28.2 Å². The Labute approximate surface area is 185 Å². The van der Waals surface area contributed by atoms with Crippen molar-refractivity contribution in [2.24, 2.45) is 0 Å². The lowest BCUT2D eigenvalue weighted by Gasteiger charge is -2.19. The summed E-state index contributed by atoms with van der Waals surface area (Å²) >= 11 is 12.3. The molecule has 0 spiro atoms. The molecule has 4 nitrogen and oxygen atoms in total. The van der Waals surface area contributed by atoms with Crippen LogP contribution in [0, 0.1) is 0 Å². The number of halogens is 2. The number of aromatic nitrogens is 2. The Bertz CT molecular complexity index is 1180. The Morgan fingerprint density at radius 1 is 1.00 bits per heavy atom. The van der Waals surface area contributed by atoms with Gasteiger partial charge in [-0.25, -0.2) is 4.98 Å². The fourth-order valence-corrected chi connectivity index (χ4v) is 3.88. The van der Waals surface area contributed by atoms with E-state index in [1.54, 1.807) is 18.2 Å². The quantitative estimate of drug-likeness (QED) is 0.386. The van der Waals surface area contributed by atoms with E-state index in [0.29, 0.717) is 28.6 Å². The Balaban J connectivity index is 1.71. The van der Waals surface area contributed by atoms with Crippen molar-refractivity contribution in [2.45, 2.75) is 25.9 Å². The normalized spacial score (nSPS) is 12.1. The van der Waals surface area contributed by atoms with E-state index >= 15 is 0 Å². The Morgan fingerprint density at radius 3 is 2.43 bits per heavy atom. The largest absolute Gasteiger partial charge is 0.342 e. The maximum atomic E-state index is 12.9. The van der Waals surface area contributed by atoms with Crippen LogP contribution in [0.4, 0.5) is 0 Å². The second-order valence-corrected chi connectivity index (χ2v) is 7.93. The molecule has 0 aliphatic heterocycles. The molecule has 1 amide bonds. The van der Waals surface area contributed by atoms with Gasteiger partial charge in [-0.2, -0.15) is 0 Å². The van der Waals surface area contributed by atoms with Gasteiger partial charge < -0.3 is 9.88 Å². The molecule has 0 radical (unpaired) electrons. The monoisotopic (exact) mass is 437 g/mol. The molecule has 1 aromatic heterocycles. The molecule has 0 saturated carbocycles. The summed E-state index contributed by atoms with van der Waals surface area (Å²) in [6.07, 6.45) is 0.695. The maximum absolute atomic E-state index is 12.9. The second-order valence-electron chi connectivity index (χ2n) is 7.09. The van der Waals surface area contributed by atoms with Crippen molar-refractivity contribution < 1.29 is 4.79 Å². The molecule has 0 aliphatic rings. The number of amides is 1. The van der Waals surface area contributed by atoms with Gasteiger partial charge in [-0.1, -0.05) is 66.5 Å². The number of nitrogens with zero attached hydrogens (tertiary/aromatic N) is 2. The number of fused-ring (bicyclic) bond motifs is 1. The molecule has 0 aliphatic carbocycles. The summed E-state index contributed by atoms with van der Waals surface area (Å²) in [5.74, 6) is 0.603. The Morgan fingerprint density at radius 2 is 1.70 bits per heavy atom. The minimum absolute atomic E-state index is 0.211. The standard InChI is InChI=1S/C24H21Cl2N3O/c1-2-20(28-24(30)18-7-3-4-8-19(18)26)23-27-21-9-5-6-10-22(21)29(23)15-16-11-13-17(25)14-12-16/h3-14,20H,2,15H2,1H3,(H,28,30). The van der Waals surface area contributed by atoms with E-state index in [0.717, 1.165) is 22.4 Å². The fraction of sp³-hybridized carbons (Fsp3) is 0.167. The highest BCUT2D eigenvalue weighted by Crippen LogP contribution is 2.25. The maximum Gasteiger partial charge on any atom is 0.253 e. The van der Waals surface area contributed by atoms with Crippen LogP contribution in [-0.4, -0.2) is 15.5 Å². The molecule has 30 heavy (non-hydrogen) atoms. The predicted molar refractivity (Wildman–Crippen MR) is 122 cm³/mol. The molecule has 1 heterocycles. The fourth-order valence-electron chi connectivity index (χ4n) is 3.53. The lowest BCUT2D eigenvalue weighted by atomic mass is 10.1. The number of hydrogen-bond donors (Lipinski definition) is 1. The van der Waals surface area contributed by atoms with Crippen molar-refractivity contribution in [1.29, 1.82) is 0 Å². The summed E-state index contributed by atoms with van der Waals surface area (Å²) < 4.78 is 2.15. The summed E-state index contributed by atoms with van der Waals surface area (Å²) in [5.41, 5.74) is 3.48. The molecular formula is C24H21Cl2N3O. The molecule has 1 unspecified atom stereocenters. The molecule has 152 valence electrons. The average molecular weight is 438 g/mol. The van der Waals surface area contributed by atoms with Gasteiger partial charge in [0.1, 0.15) is 5.82 Å². The van der Waals surface area contributed by atoms with Gasteiger partial charge >= 0.3 is 0 Å². The number of nitrogens with one attached hydrogen (secondary N) is 1. The van der Waals surface area contributed by atoms with Gasteiger partial charge in [0.05, 0.1) is 27.7 Å². The van der Waals surface area contributed by atoms with Crippen molar-refractivity contribution in [3.8, 4) is 0 Å². The zero-order valence-electron chi connectivity index (χ0n) is 16.5. The molecule has 1 atom stereocenters. The molecular weight excluding hydrogens is 417 g/mol. The molecule has 1 N–H and O–H groups in total. The number of para-hydroxylation sites is 2. The first-order chi connectivity index (χ1) is 14.6. The number of hydrogen-bond acceptors (Lipinski definition) is 2.